The van der Waals surface area contributed by atoms with Crippen molar-refractivity contribution in [2.45, 2.75) is 46.6 Å². The topological polar surface area (TPSA) is 43.8 Å². The van der Waals surface area contributed by atoms with Crippen molar-refractivity contribution >= 4 is 5.91 Å². The number of carbonyl (C=O) groups is 1. The molecule has 1 N–H and O–H groups in total. The number of hydrogen-bond acceptors (Lipinski definition) is 3. The van der Waals surface area contributed by atoms with Crippen molar-refractivity contribution in [1.29, 1.82) is 0 Å². The quantitative estimate of drug-likeness (QED) is 0.797. The molecule has 0 aromatic rings. The van der Waals surface area contributed by atoms with E-state index in [9.17, 15) is 9.90 Å². The number of carbonyl (C=O) groups excluding carboxylic acids is 1. The molecule has 0 aromatic carbocycles. The minimum atomic E-state index is -0.818. The molecule has 1 saturated heterocycles. The molecule has 1 aliphatic heterocycles. The zero-order valence-electron chi connectivity index (χ0n) is 13.1. The Bertz CT molecular complexity index is 297. The maximum atomic E-state index is 12.5. The molecule has 4 nitrogen and oxygen atoms in total. The van der Waals surface area contributed by atoms with E-state index >= 15 is 0 Å². The average Bonchev–Trinajstić information content (AvgIpc) is 2.71. The molecule has 1 fully saturated rings. The van der Waals surface area contributed by atoms with Crippen molar-refractivity contribution in [3.05, 3.63) is 0 Å². The summed E-state index contributed by atoms with van der Waals surface area (Å²) in [5.74, 6) is 0.962. The first kappa shape index (κ1) is 16.4. The van der Waals surface area contributed by atoms with E-state index in [-0.39, 0.29) is 11.8 Å². The molecule has 0 saturated carbocycles. The summed E-state index contributed by atoms with van der Waals surface area (Å²) in [7, 11) is 0. The van der Waals surface area contributed by atoms with Gasteiger partial charge in [-0.3, -0.25) is 4.79 Å². The summed E-state index contributed by atoms with van der Waals surface area (Å²) in [4.78, 5) is 16.6. The van der Waals surface area contributed by atoms with E-state index in [4.69, 9.17) is 0 Å². The van der Waals surface area contributed by atoms with E-state index in [2.05, 4.69) is 18.7 Å². The number of rotatable bonds is 6. The van der Waals surface area contributed by atoms with Gasteiger partial charge in [0.15, 0.2) is 0 Å². The van der Waals surface area contributed by atoms with E-state index in [0.29, 0.717) is 19.0 Å². The standard InChI is InChI=1S/C15H30N2O2/c1-6-17(11-15(4,5)19)14(18)13-7-8-16(10-13)9-12(2)3/h12-13,19H,6-11H2,1-5H3. The number of aliphatic hydroxyl groups is 1. The molecule has 0 aromatic heterocycles. The van der Waals surface area contributed by atoms with Crippen LogP contribution in [0.2, 0.25) is 0 Å². The predicted molar refractivity (Wildman–Crippen MR) is 77.9 cm³/mol. The Labute approximate surface area is 117 Å². The molecule has 0 bridgehead atoms. The Balaban J connectivity index is 2.53. The molecule has 0 aliphatic carbocycles. The first-order valence-electron chi connectivity index (χ1n) is 7.46. The lowest BCUT2D eigenvalue weighted by atomic mass is 10.0. The fraction of sp³-hybridized carbons (Fsp3) is 0.933. The smallest absolute Gasteiger partial charge is 0.227 e. The molecule has 0 spiro atoms. The van der Waals surface area contributed by atoms with Crippen molar-refractivity contribution in [1.82, 2.24) is 9.80 Å². The van der Waals surface area contributed by atoms with Crippen molar-refractivity contribution in [3.63, 3.8) is 0 Å². The molecular weight excluding hydrogens is 240 g/mol. The maximum Gasteiger partial charge on any atom is 0.227 e. The molecule has 112 valence electrons. The minimum absolute atomic E-state index is 0.112. The van der Waals surface area contributed by atoms with Crippen molar-refractivity contribution in [3.8, 4) is 0 Å². The fourth-order valence-electron chi connectivity index (χ4n) is 2.79. The monoisotopic (exact) mass is 270 g/mol. The van der Waals surface area contributed by atoms with Crippen LogP contribution in [0.3, 0.4) is 0 Å². The molecule has 1 atom stereocenters. The highest BCUT2D eigenvalue weighted by atomic mass is 16.3. The summed E-state index contributed by atoms with van der Waals surface area (Å²) < 4.78 is 0. The minimum Gasteiger partial charge on any atom is -0.389 e. The predicted octanol–water partition coefficient (Wildman–Crippen LogP) is 1.58. The van der Waals surface area contributed by atoms with Crippen molar-refractivity contribution < 1.29 is 9.90 Å². The van der Waals surface area contributed by atoms with E-state index in [0.717, 1.165) is 26.1 Å². The lowest BCUT2D eigenvalue weighted by Gasteiger charge is -2.30. The summed E-state index contributed by atoms with van der Waals surface area (Å²) in [6.45, 7) is 14.0. The van der Waals surface area contributed by atoms with Gasteiger partial charge in [-0.25, -0.2) is 0 Å². The molecule has 1 rings (SSSR count). The second-order valence-electron chi connectivity index (χ2n) is 6.80. The normalized spacial score (nSPS) is 21.1. The van der Waals surface area contributed by atoms with Gasteiger partial charge in [-0.05, 0) is 39.7 Å². The SMILES string of the molecule is CCN(CC(C)(C)O)C(=O)C1CCN(CC(C)C)C1. The first-order valence-corrected chi connectivity index (χ1v) is 7.46. The lowest BCUT2D eigenvalue weighted by Crippen LogP contribution is -2.45. The molecular formula is C15H30N2O2. The summed E-state index contributed by atoms with van der Waals surface area (Å²) in [5, 5.41) is 9.88. The Kier molecular flexibility index (Phi) is 5.81. The van der Waals surface area contributed by atoms with Gasteiger partial charge >= 0.3 is 0 Å². The average molecular weight is 270 g/mol. The third kappa shape index (κ3) is 5.49. The van der Waals surface area contributed by atoms with E-state index < -0.39 is 5.60 Å². The Morgan fingerprint density at radius 3 is 2.58 bits per heavy atom. The Hall–Kier alpha value is -0.610. The highest BCUT2D eigenvalue weighted by molar-refractivity contribution is 5.79. The van der Waals surface area contributed by atoms with Crippen LogP contribution in [0, 0.1) is 11.8 Å². The third-order valence-corrected chi connectivity index (χ3v) is 3.52. The maximum absolute atomic E-state index is 12.5. The number of nitrogens with zero attached hydrogens (tertiary/aromatic N) is 2. The lowest BCUT2D eigenvalue weighted by molar-refractivity contribution is -0.137. The van der Waals surface area contributed by atoms with Crippen molar-refractivity contribution in [2.75, 3.05) is 32.7 Å². The van der Waals surface area contributed by atoms with Crippen LogP contribution < -0.4 is 0 Å². The van der Waals surface area contributed by atoms with Gasteiger partial charge in [0.2, 0.25) is 5.91 Å². The second-order valence-corrected chi connectivity index (χ2v) is 6.80. The van der Waals surface area contributed by atoms with Gasteiger partial charge in [0.05, 0.1) is 11.5 Å². The Morgan fingerprint density at radius 1 is 1.47 bits per heavy atom. The van der Waals surface area contributed by atoms with E-state index in [1.54, 1.807) is 18.7 Å². The zero-order valence-corrected chi connectivity index (χ0v) is 13.1. The van der Waals surface area contributed by atoms with Crippen LogP contribution in [0.25, 0.3) is 0 Å². The van der Waals surface area contributed by atoms with Gasteiger partial charge in [-0.2, -0.15) is 0 Å². The van der Waals surface area contributed by atoms with Gasteiger partial charge in [-0.1, -0.05) is 13.8 Å². The van der Waals surface area contributed by atoms with Crippen LogP contribution in [0.5, 0.6) is 0 Å². The summed E-state index contributed by atoms with van der Waals surface area (Å²) in [5.41, 5.74) is -0.818. The summed E-state index contributed by atoms with van der Waals surface area (Å²) in [6, 6.07) is 0. The molecule has 1 heterocycles. The highest BCUT2D eigenvalue weighted by Gasteiger charge is 2.32. The van der Waals surface area contributed by atoms with Crippen LogP contribution in [0.15, 0.2) is 0 Å². The van der Waals surface area contributed by atoms with Gasteiger partial charge < -0.3 is 14.9 Å². The van der Waals surface area contributed by atoms with E-state index in [1.807, 2.05) is 6.92 Å². The molecule has 0 radical (unpaired) electrons. The third-order valence-electron chi connectivity index (χ3n) is 3.52. The van der Waals surface area contributed by atoms with Gasteiger partial charge in [0.1, 0.15) is 0 Å². The molecule has 4 heteroatoms. The van der Waals surface area contributed by atoms with Crippen LogP contribution in [0.1, 0.15) is 41.0 Å². The molecule has 1 amide bonds. The summed E-state index contributed by atoms with van der Waals surface area (Å²) in [6.07, 6.45) is 0.952. The molecule has 1 aliphatic rings. The first-order chi connectivity index (χ1) is 8.73. The fourth-order valence-corrected chi connectivity index (χ4v) is 2.79. The van der Waals surface area contributed by atoms with Crippen LogP contribution in [-0.4, -0.2) is 59.1 Å². The van der Waals surface area contributed by atoms with Crippen LogP contribution in [-0.2, 0) is 4.79 Å². The largest absolute Gasteiger partial charge is 0.389 e. The highest BCUT2D eigenvalue weighted by Crippen LogP contribution is 2.20. The van der Waals surface area contributed by atoms with E-state index in [1.165, 1.54) is 0 Å². The van der Waals surface area contributed by atoms with Crippen LogP contribution in [0.4, 0.5) is 0 Å². The van der Waals surface area contributed by atoms with Gasteiger partial charge in [-0.15, -0.1) is 0 Å². The number of likely N-dealkylation sites (N-methyl/N-ethyl adjacent to an activating group) is 1. The second kappa shape index (κ2) is 6.71. The van der Waals surface area contributed by atoms with Crippen molar-refractivity contribution in [2.24, 2.45) is 11.8 Å². The van der Waals surface area contributed by atoms with Gasteiger partial charge in [0, 0.05) is 26.2 Å². The van der Waals surface area contributed by atoms with Crippen LogP contribution >= 0.6 is 0 Å². The number of likely N-dealkylation sites (tertiary alicyclic amines) is 1. The Morgan fingerprint density at radius 2 is 2.11 bits per heavy atom. The number of hydrogen-bond donors (Lipinski definition) is 1. The molecule has 1 unspecified atom stereocenters. The zero-order chi connectivity index (χ0) is 14.6. The van der Waals surface area contributed by atoms with Gasteiger partial charge in [0.25, 0.3) is 0 Å². The number of amides is 1. The molecule has 19 heavy (non-hydrogen) atoms. The summed E-state index contributed by atoms with van der Waals surface area (Å²) >= 11 is 0.